The van der Waals surface area contributed by atoms with Gasteiger partial charge in [0.2, 0.25) is 15.9 Å². The third kappa shape index (κ3) is 5.05. The van der Waals surface area contributed by atoms with Crippen molar-refractivity contribution in [2.24, 2.45) is 0 Å². The van der Waals surface area contributed by atoms with Crippen LogP contribution in [0.15, 0.2) is 58.3 Å². The molecule has 0 aliphatic rings. The normalized spacial score (nSPS) is 11.2. The van der Waals surface area contributed by atoms with E-state index in [4.69, 9.17) is 0 Å². The highest BCUT2D eigenvalue weighted by Gasteiger charge is 2.15. The fourth-order valence-corrected chi connectivity index (χ4v) is 3.21. The molecule has 0 bridgehead atoms. The first kappa shape index (κ1) is 17.5. The molecule has 0 saturated heterocycles. The minimum atomic E-state index is -3.86. The summed E-state index contributed by atoms with van der Waals surface area (Å²) in [6.07, 6.45) is 1.91. The number of hydrogen-bond donors (Lipinski definition) is 2. The Bertz CT molecular complexity index is 793. The van der Waals surface area contributed by atoms with Gasteiger partial charge in [-0.1, -0.05) is 6.07 Å². The highest BCUT2D eigenvalue weighted by Crippen LogP contribution is 2.18. The van der Waals surface area contributed by atoms with E-state index < -0.39 is 28.3 Å². The SMILES string of the molecule is CSc1cccc(NC(=O)CNS(=O)(=O)c2ccc(F)cc2)c1. The van der Waals surface area contributed by atoms with Gasteiger partial charge >= 0.3 is 0 Å². The minimum Gasteiger partial charge on any atom is -0.325 e. The van der Waals surface area contributed by atoms with Gasteiger partial charge in [-0.3, -0.25) is 4.79 Å². The summed E-state index contributed by atoms with van der Waals surface area (Å²) < 4.78 is 39.0. The molecule has 2 rings (SSSR count). The molecule has 2 aromatic carbocycles. The van der Waals surface area contributed by atoms with Crippen LogP contribution in [0.25, 0.3) is 0 Å². The van der Waals surface area contributed by atoms with Gasteiger partial charge in [0.25, 0.3) is 0 Å². The Kier molecular flexibility index (Phi) is 5.75. The molecule has 0 aliphatic carbocycles. The summed E-state index contributed by atoms with van der Waals surface area (Å²) in [6.45, 7) is -0.413. The van der Waals surface area contributed by atoms with Crippen molar-refractivity contribution in [3.63, 3.8) is 0 Å². The van der Waals surface area contributed by atoms with Crippen molar-refractivity contribution in [2.75, 3.05) is 18.1 Å². The lowest BCUT2D eigenvalue weighted by atomic mass is 10.3. The highest BCUT2D eigenvalue weighted by atomic mass is 32.2. The number of carbonyl (C=O) groups excluding carboxylic acids is 1. The van der Waals surface area contributed by atoms with Crippen LogP contribution in [0, 0.1) is 5.82 Å². The third-order valence-electron chi connectivity index (χ3n) is 2.90. The zero-order chi connectivity index (χ0) is 16.9. The van der Waals surface area contributed by atoms with Gasteiger partial charge in [0.05, 0.1) is 11.4 Å². The maximum Gasteiger partial charge on any atom is 0.241 e. The summed E-state index contributed by atoms with van der Waals surface area (Å²) in [7, 11) is -3.86. The number of nitrogens with one attached hydrogen (secondary N) is 2. The average molecular weight is 354 g/mol. The number of sulfonamides is 1. The number of benzene rings is 2. The molecule has 0 atom stereocenters. The second-order valence-electron chi connectivity index (χ2n) is 4.56. The molecule has 1 amide bonds. The maximum atomic E-state index is 12.8. The zero-order valence-electron chi connectivity index (χ0n) is 12.2. The van der Waals surface area contributed by atoms with Crippen LogP contribution in [0.2, 0.25) is 0 Å². The van der Waals surface area contributed by atoms with Crippen molar-refractivity contribution < 1.29 is 17.6 Å². The molecular weight excluding hydrogens is 339 g/mol. The standard InChI is InChI=1S/C15H15FN2O3S2/c1-22-13-4-2-3-12(9-13)18-15(19)10-17-23(20,21)14-7-5-11(16)6-8-14/h2-9,17H,10H2,1H3,(H,18,19). The number of anilines is 1. The molecule has 0 saturated carbocycles. The second-order valence-corrected chi connectivity index (χ2v) is 7.21. The van der Waals surface area contributed by atoms with Crippen molar-refractivity contribution in [1.29, 1.82) is 0 Å². The topological polar surface area (TPSA) is 75.3 Å². The second kappa shape index (κ2) is 7.58. The Balaban J connectivity index is 1.96. The van der Waals surface area contributed by atoms with E-state index in [9.17, 15) is 17.6 Å². The fourth-order valence-electron chi connectivity index (χ4n) is 1.76. The molecule has 0 unspecified atom stereocenters. The predicted molar refractivity (Wildman–Crippen MR) is 88.4 cm³/mol. The van der Waals surface area contributed by atoms with E-state index in [2.05, 4.69) is 10.0 Å². The Morgan fingerprint density at radius 3 is 2.52 bits per heavy atom. The number of halogens is 1. The van der Waals surface area contributed by atoms with Crippen molar-refractivity contribution in [3.8, 4) is 0 Å². The van der Waals surface area contributed by atoms with Gasteiger partial charge in [-0.15, -0.1) is 11.8 Å². The van der Waals surface area contributed by atoms with E-state index in [1.807, 2.05) is 12.3 Å². The first-order valence-electron chi connectivity index (χ1n) is 6.60. The van der Waals surface area contributed by atoms with Crippen molar-refractivity contribution in [3.05, 3.63) is 54.3 Å². The first-order chi connectivity index (χ1) is 10.9. The lowest BCUT2D eigenvalue weighted by molar-refractivity contribution is -0.115. The number of amides is 1. The molecule has 0 aromatic heterocycles. The summed E-state index contributed by atoms with van der Waals surface area (Å²) in [4.78, 5) is 12.7. The van der Waals surface area contributed by atoms with Crippen LogP contribution in [-0.4, -0.2) is 27.1 Å². The molecule has 0 spiro atoms. The number of rotatable bonds is 6. The van der Waals surface area contributed by atoms with Crippen LogP contribution in [0.1, 0.15) is 0 Å². The van der Waals surface area contributed by atoms with Crippen molar-refractivity contribution in [2.45, 2.75) is 9.79 Å². The van der Waals surface area contributed by atoms with Gasteiger partial charge in [-0.25, -0.2) is 17.5 Å². The minimum absolute atomic E-state index is 0.101. The number of hydrogen-bond acceptors (Lipinski definition) is 4. The van der Waals surface area contributed by atoms with Gasteiger partial charge in [0, 0.05) is 10.6 Å². The summed E-state index contributed by atoms with van der Waals surface area (Å²) >= 11 is 1.53. The van der Waals surface area contributed by atoms with E-state index >= 15 is 0 Å². The largest absolute Gasteiger partial charge is 0.325 e. The number of thioether (sulfide) groups is 1. The van der Waals surface area contributed by atoms with E-state index in [1.54, 1.807) is 18.2 Å². The van der Waals surface area contributed by atoms with Crippen LogP contribution < -0.4 is 10.0 Å². The highest BCUT2D eigenvalue weighted by molar-refractivity contribution is 7.98. The molecule has 2 N–H and O–H groups in total. The monoisotopic (exact) mass is 354 g/mol. The predicted octanol–water partition coefficient (Wildman–Crippen LogP) is 2.46. The quantitative estimate of drug-likeness (QED) is 0.782. The zero-order valence-corrected chi connectivity index (χ0v) is 13.9. The third-order valence-corrected chi connectivity index (χ3v) is 5.04. The van der Waals surface area contributed by atoms with Crippen LogP contribution in [0.4, 0.5) is 10.1 Å². The smallest absolute Gasteiger partial charge is 0.241 e. The van der Waals surface area contributed by atoms with Crippen LogP contribution >= 0.6 is 11.8 Å². The van der Waals surface area contributed by atoms with E-state index in [0.29, 0.717) is 5.69 Å². The molecular formula is C15H15FN2O3S2. The molecule has 5 nitrogen and oxygen atoms in total. The van der Waals surface area contributed by atoms with Crippen LogP contribution in [-0.2, 0) is 14.8 Å². The molecule has 2 aromatic rings. The molecule has 0 fully saturated rings. The van der Waals surface area contributed by atoms with Gasteiger partial charge in [-0.2, -0.15) is 0 Å². The summed E-state index contributed by atoms with van der Waals surface area (Å²) in [5.74, 6) is -1.02. The first-order valence-corrected chi connectivity index (χ1v) is 9.30. The molecule has 23 heavy (non-hydrogen) atoms. The van der Waals surface area contributed by atoms with E-state index in [1.165, 1.54) is 11.8 Å². The Hall–Kier alpha value is -1.90. The average Bonchev–Trinajstić information content (AvgIpc) is 2.54. The Labute approximate surface area is 138 Å². The van der Waals surface area contributed by atoms with Crippen LogP contribution in [0.3, 0.4) is 0 Å². The lowest BCUT2D eigenvalue weighted by Gasteiger charge is -2.08. The summed E-state index contributed by atoms with van der Waals surface area (Å²) in [5.41, 5.74) is 0.586. The maximum absolute atomic E-state index is 12.8. The van der Waals surface area contributed by atoms with Gasteiger partial charge < -0.3 is 5.32 Å². The van der Waals surface area contributed by atoms with Crippen molar-refractivity contribution in [1.82, 2.24) is 4.72 Å². The molecule has 8 heteroatoms. The Morgan fingerprint density at radius 1 is 1.17 bits per heavy atom. The van der Waals surface area contributed by atoms with Gasteiger partial charge in [0.15, 0.2) is 0 Å². The molecule has 0 radical (unpaired) electrons. The summed E-state index contributed by atoms with van der Waals surface area (Å²) in [6, 6.07) is 11.6. The van der Waals surface area contributed by atoms with Gasteiger partial charge in [-0.05, 0) is 48.7 Å². The van der Waals surface area contributed by atoms with E-state index in [0.717, 1.165) is 29.2 Å². The number of carbonyl (C=O) groups is 1. The lowest BCUT2D eigenvalue weighted by Crippen LogP contribution is -2.32. The summed E-state index contributed by atoms with van der Waals surface area (Å²) in [5, 5.41) is 2.61. The van der Waals surface area contributed by atoms with E-state index in [-0.39, 0.29) is 4.90 Å². The molecule has 0 heterocycles. The fraction of sp³-hybridized carbons (Fsp3) is 0.133. The van der Waals surface area contributed by atoms with Gasteiger partial charge in [0.1, 0.15) is 5.82 Å². The van der Waals surface area contributed by atoms with Crippen LogP contribution in [0.5, 0.6) is 0 Å². The Morgan fingerprint density at radius 2 is 1.87 bits per heavy atom. The molecule has 0 aliphatic heterocycles. The molecule has 122 valence electrons. The van der Waals surface area contributed by atoms with Crippen molar-refractivity contribution >= 4 is 33.4 Å².